The molecule has 7 nitrogen and oxygen atoms in total. The van der Waals surface area contributed by atoms with E-state index in [1.165, 1.54) is 24.3 Å². The zero-order valence-corrected chi connectivity index (χ0v) is 13.6. The van der Waals surface area contributed by atoms with Crippen molar-refractivity contribution in [3.05, 3.63) is 70.3 Å². The normalized spacial score (nSPS) is 12.8. The highest BCUT2D eigenvalue weighted by Crippen LogP contribution is 2.28. The molecule has 0 radical (unpaired) electrons. The third kappa shape index (κ3) is 4.87. The van der Waals surface area contributed by atoms with Gasteiger partial charge in [-0.15, -0.1) is 0 Å². The largest absolute Gasteiger partial charge is 0.481 e. The number of nitrogens with one attached hydrogen (secondary N) is 1. The number of non-ortho nitro benzene ring substituents is 1. The number of amides is 1. The summed E-state index contributed by atoms with van der Waals surface area (Å²) in [5.41, 5.74) is 1.16. The minimum atomic E-state index is -1.06. The number of anilines is 1. The fourth-order valence-corrected chi connectivity index (χ4v) is 2.58. The summed E-state index contributed by atoms with van der Waals surface area (Å²) in [4.78, 5) is 33.9. The van der Waals surface area contributed by atoms with E-state index in [2.05, 4.69) is 5.32 Å². The molecule has 2 aromatic rings. The Kier molecular flexibility index (Phi) is 5.84. The Morgan fingerprint density at radius 2 is 1.72 bits per heavy atom. The Bertz CT molecular complexity index is 759. The number of nitrogens with zero attached hydrogens (tertiary/aromatic N) is 1. The Morgan fingerprint density at radius 3 is 2.24 bits per heavy atom. The van der Waals surface area contributed by atoms with Crippen LogP contribution in [0.5, 0.6) is 0 Å². The van der Waals surface area contributed by atoms with Crippen LogP contribution in [0.15, 0.2) is 54.6 Å². The number of carbonyl (C=O) groups is 2. The maximum atomic E-state index is 12.6. The van der Waals surface area contributed by atoms with Crippen LogP contribution in [0.2, 0.25) is 0 Å². The molecule has 0 unspecified atom stereocenters. The minimum absolute atomic E-state index is 0.0854. The van der Waals surface area contributed by atoms with Crippen LogP contribution in [0.1, 0.15) is 24.8 Å². The third-order valence-electron chi connectivity index (χ3n) is 4.01. The minimum Gasteiger partial charge on any atom is -0.481 e. The SMILES string of the molecule is C[C@@H](c1ccccc1)[C@H](CC(=O)O)C(=O)Nc1ccc([N+](=O)[O-])cc1. The van der Waals surface area contributed by atoms with Crippen molar-refractivity contribution >= 4 is 23.3 Å². The Labute approximate surface area is 144 Å². The number of carboxylic acids is 1. The molecule has 0 bridgehead atoms. The Morgan fingerprint density at radius 1 is 1.12 bits per heavy atom. The van der Waals surface area contributed by atoms with Crippen LogP contribution in [0.3, 0.4) is 0 Å². The van der Waals surface area contributed by atoms with Crippen LogP contribution in [-0.4, -0.2) is 21.9 Å². The molecule has 1 amide bonds. The van der Waals surface area contributed by atoms with E-state index >= 15 is 0 Å². The molecule has 0 aliphatic rings. The summed E-state index contributed by atoms with van der Waals surface area (Å²) >= 11 is 0. The highest BCUT2D eigenvalue weighted by atomic mass is 16.6. The summed E-state index contributed by atoms with van der Waals surface area (Å²) in [6, 6.07) is 14.6. The zero-order valence-electron chi connectivity index (χ0n) is 13.6. The van der Waals surface area contributed by atoms with Crippen molar-refractivity contribution in [2.24, 2.45) is 5.92 Å². The topological polar surface area (TPSA) is 110 Å². The second-order valence-electron chi connectivity index (χ2n) is 5.70. The van der Waals surface area contributed by atoms with Crippen molar-refractivity contribution in [1.82, 2.24) is 0 Å². The number of nitro benzene ring substituents is 1. The van der Waals surface area contributed by atoms with Crippen LogP contribution in [0.25, 0.3) is 0 Å². The summed E-state index contributed by atoms with van der Waals surface area (Å²) in [7, 11) is 0. The van der Waals surface area contributed by atoms with E-state index in [-0.39, 0.29) is 18.0 Å². The van der Waals surface area contributed by atoms with Crippen molar-refractivity contribution in [2.45, 2.75) is 19.3 Å². The molecule has 130 valence electrons. The van der Waals surface area contributed by atoms with Crippen molar-refractivity contribution in [2.75, 3.05) is 5.32 Å². The first-order valence-electron chi connectivity index (χ1n) is 7.70. The van der Waals surface area contributed by atoms with Crippen molar-refractivity contribution in [3.8, 4) is 0 Å². The van der Waals surface area contributed by atoms with Gasteiger partial charge in [0.05, 0.1) is 17.3 Å². The van der Waals surface area contributed by atoms with E-state index < -0.39 is 22.7 Å². The van der Waals surface area contributed by atoms with Crippen LogP contribution < -0.4 is 5.32 Å². The van der Waals surface area contributed by atoms with Gasteiger partial charge in [-0.1, -0.05) is 37.3 Å². The Hall–Kier alpha value is -3.22. The lowest BCUT2D eigenvalue weighted by Gasteiger charge is -2.22. The zero-order chi connectivity index (χ0) is 18.4. The number of rotatable bonds is 7. The molecule has 0 aliphatic carbocycles. The molecule has 25 heavy (non-hydrogen) atoms. The molecular weight excluding hydrogens is 324 g/mol. The highest BCUT2D eigenvalue weighted by Gasteiger charge is 2.28. The first-order valence-corrected chi connectivity index (χ1v) is 7.70. The summed E-state index contributed by atoms with van der Waals surface area (Å²) < 4.78 is 0. The number of nitro groups is 1. The highest BCUT2D eigenvalue weighted by molar-refractivity contribution is 5.95. The predicted octanol–water partition coefficient (Wildman–Crippen LogP) is 3.43. The van der Waals surface area contributed by atoms with Crippen LogP contribution in [-0.2, 0) is 9.59 Å². The summed E-state index contributed by atoms with van der Waals surface area (Å²) in [6.07, 6.45) is -0.311. The maximum absolute atomic E-state index is 12.6. The monoisotopic (exact) mass is 342 g/mol. The van der Waals surface area contributed by atoms with E-state index in [0.29, 0.717) is 5.69 Å². The molecule has 2 rings (SSSR count). The molecule has 0 fully saturated rings. The number of carbonyl (C=O) groups excluding carboxylic acids is 1. The smallest absolute Gasteiger partial charge is 0.304 e. The van der Waals surface area contributed by atoms with Gasteiger partial charge in [-0.2, -0.15) is 0 Å². The second-order valence-corrected chi connectivity index (χ2v) is 5.70. The molecule has 0 saturated heterocycles. The first-order chi connectivity index (χ1) is 11.9. The number of hydrogen-bond donors (Lipinski definition) is 2. The van der Waals surface area contributed by atoms with Gasteiger partial charge in [0, 0.05) is 17.8 Å². The average Bonchev–Trinajstić information content (AvgIpc) is 2.60. The van der Waals surface area contributed by atoms with Gasteiger partial charge >= 0.3 is 5.97 Å². The van der Waals surface area contributed by atoms with Crippen LogP contribution in [0.4, 0.5) is 11.4 Å². The molecule has 0 saturated carbocycles. The molecular formula is C18H18N2O5. The molecule has 0 aliphatic heterocycles. The van der Waals surface area contributed by atoms with Gasteiger partial charge < -0.3 is 10.4 Å². The molecule has 7 heteroatoms. The van der Waals surface area contributed by atoms with Gasteiger partial charge in [-0.05, 0) is 23.6 Å². The number of carboxylic acid groups (broad SMARTS) is 1. The summed E-state index contributed by atoms with van der Waals surface area (Å²) in [5.74, 6) is -2.57. The third-order valence-corrected chi connectivity index (χ3v) is 4.01. The van der Waals surface area contributed by atoms with E-state index in [0.717, 1.165) is 5.56 Å². The van der Waals surface area contributed by atoms with E-state index in [1.54, 1.807) is 6.92 Å². The summed E-state index contributed by atoms with van der Waals surface area (Å²) in [5, 5.41) is 22.4. The van der Waals surface area contributed by atoms with Crippen molar-refractivity contribution < 1.29 is 19.6 Å². The molecule has 2 atom stereocenters. The molecule has 0 aromatic heterocycles. The lowest BCUT2D eigenvalue weighted by Crippen LogP contribution is -2.29. The van der Waals surface area contributed by atoms with Crippen LogP contribution >= 0.6 is 0 Å². The van der Waals surface area contributed by atoms with Crippen LogP contribution in [0, 0.1) is 16.0 Å². The van der Waals surface area contributed by atoms with E-state index in [9.17, 15) is 19.7 Å². The van der Waals surface area contributed by atoms with Gasteiger partial charge in [-0.25, -0.2) is 0 Å². The number of aliphatic carboxylic acids is 1. The molecule has 2 N–H and O–H groups in total. The van der Waals surface area contributed by atoms with Crippen molar-refractivity contribution in [1.29, 1.82) is 0 Å². The van der Waals surface area contributed by atoms with Gasteiger partial charge in [-0.3, -0.25) is 19.7 Å². The number of hydrogen-bond acceptors (Lipinski definition) is 4. The molecule has 0 heterocycles. The average molecular weight is 342 g/mol. The molecule has 2 aromatic carbocycles. The maximum Gasteiger partial charge on any atom is 0.304 e. The van der Waals surface area contributed by atoms with E-state index in [1.807, 2.05) is 30.3 Å². The van der Waals surface area contributed by atoms with Gasteiger partial charge in [0.2, 0.25) is 5.91 Å². The molecule has 0 spiro atoms. The van der Waals surface area contributed by atoms with Gasteiger partial charge in [0.1, 0.15) is 0 Å². The quantitative estimate of drug-likeness (QED) is 0.592. The second kappa shape index (κ2) is 8.05. The Balaban J connectivity index is 2.17. The first kappa shape index (κ1) is 18.1. The van der Waals surface area contributed by atoms with Gasteiger partial charge in [0.25, 0.3) is 5.69 Å². The fourth-order valence-electron chi connectivity index (χ4n) is 2.58. The lowest BCUT2D eigenvalue weighted by atomic mass is 9.84. The van der Waals surface area contributed by atoms with Gasteiger partial charge in [0.15, 0.2) is 0 Å². The summed E-state index contributed by atoms with van der Waals surface area (Å²) in [6.45, 7) is 1.80. The predicted molar refractivity (Wildman–Crippen MR) is 92.3 cm³/mol. The standard InChI is InChI=1S/C18H18N2O5/c1-12(13-5-3-2-4-6-13)16(11-17(21)22)18(23)19-14-7-9-15(10-8-14)20(24)25/h2-10,12,16H,11H2,1H3,(H,19,23)(H,21,22)/t12-,16-/m0/s1. The fraction of sp³-hybridized carbons (Fsp3) is 0.222. The van der Waals surface area contributed by atoms with E-state index in [4.69, 9.17) is 5.11 Å². The lowest BCUT2D eigenvalue weighted by molar-refractivity contribution is -0.384. The van der Waals surface area contributed by atoms with Crippen molar-refractivity contribution in [3.63, 3.8) is 0 Å². The number of benzene rings is 2.